The van der Waals surface area contributed by atoms with Crippen LogP contribution in [0.3, 0.4) is 0 Å². The van der Waals surface area contributed by atoms with E-state index < -0.39 is 0 Å². The predicted molar refractivity (Wildman–Crippen MR) is 220 cm³/mol. The minimum absolute atomic E-state index is 0. The Morgan fingerprint density at radius 2 is 1.25 bits per heavy atom. The number of para-hydroxylation sites is 4. The number of pyridine rings is 1. The zero-order valence-electron chi connectivity index (χ0n) is 31.4. The van der Waals surface area contributed by atoms with Crippen LogP contribution in [-0.4, -0.2) is 19.1 Å². The molecule has 0 saturated heterocycles. The Hall–Kier alpha value is -5.77. The van der Waals surface area contributed by atoms with Gasteiger partial charge < -0.3 is 13.9 Å². The Morgan fingerprint density at radius 1 is 0.564 bits per heavy atom. The summed E-state index contributed by atoms with van der Waals surface area (Å²) in [5.74, 6) is 2.84. The second kappa shape index (κ2) is 14.1. The first-order valence-corrected chi connectivity index (χ1v) is 18.4. The van der Waals surface area contributed by atoms with Crippen molar-refractivity contribution in [2.75, 3.05) is 0 Å². The molecule has 0 radical (unpaired) electrons. The Balaban J connectivity index is 0.00000427. The van der Waals surface area contributed by atoms with Crippen LogP contribution in [0.15, 0.2) is 152 Å². The molecule has 3 aromatic heterocycles. The van der Waals surface area contributed by atoms with E-state index in [0.717, 1.165) is 61.3 Å². The van der Waals surface area contributed by atoms with Crippen molar-refractivity contribution in [3.05, 3.63) is 181 Å². The molecule has 0 aliphatic rings. The molecule has 0 amide bonds. The summed E-state index contributed by atoms with van der Waals surface area (Å²) in [6.45, 7) is 11.2. The molecule has 0 N–H and O–H groups in total. The van der Waals surface area contributed by atoms with E-state index in [9.17, 15) is 0 Å². The summed E-state index contributed by atoms with van der Waals surface area (Å²) in [6, 6.07) is 57.7. The minimum atomic E-state index is -0.220. The molecule has 272 valence electrons. The van der Waals surface area contributed by atoms with Crippen LogP contribution in [0.4, 0.5) is 0 Å². The summed E-state index contributed by atoms with van der Waals surface area (Å²) in [5, 5.41) is 2.21. The second-order valence-electron chi connectivity index (χ2n) is 15.4. The number of imidazole rings is 1. The number of hydrogen-bond donors (Lipinski definition) is 0. The van der Waals surface area contributed by atoms with Gasteiger partial charge in [0.05, 0.1) is 16.9 Å². The van der Waals surface area contributed by atoms with Gasteiger partial charge in [-0.25, -0.2) is 4.98 Å². The van der Waals surface area contributed by atoms with Gasteiger partial charge in [0, 0.05) is 34.3 Å². The monoisotopic (exact) mass is 895 g/mol. The van der Waals surface area contributed by atoms with Gasteiger partial charge in [0.25, 0.3) is 0 Å². The molecule has 5 nitrogen and oxygen atoms in total. The van der Waals surface area contributed by atoms with Gasteiger partial charge in [-0.15, -0.1) is 34.7 Å². The maximum Gasteiger partial charge on any atom is 2.00 e. The third-order valence-electron chi connectivity index (χ3n) is 10.5. The van der Waals surface area contributed by atoms with Gasteiger partial charge >= 0.3 is 21.1 Å². The second-order valence-corrected chi connectivity index (χ2v) is 15.4. The van der Waals surface area contributed by atoms with E-state index in [4.69, 9.17) is 14.7 Å². The Kier molecular flexibility index (Phi) is 9.31. The number of rotatable bonds is 7. The molecule has 0 saturated carbocycles. The first kappa shape index (κ1) is 36.2. The van der Waals surface area contributed by atoms with Crippen molar-refractivity contribution >= 4 is 32.8 Å². The molecular weight excluding hydrogens is 856 g/mol. The fourth-order valence-electron chi connectivity index (χ4n) is 7.44. The number of hydrogen-bond acceptors (Lipinski definition) is 3. The average Bonchev–Trinajstić information content (AvgIpc) is 3.74. The molecule has 6 heteroatoms. The number of aromatic nitrogens is 4. The van der Waals surface area contributed by atoms with Gasteiger partial charge in [0.2, 0.25) is 0 Å². The molecular formula is C49H40N4OPt. The van der Waals surface area contributed by atoms with Gasteiger partial charge in [-0.05, 0) is 64.4 Å². The van der Waals surface area contributed by atoms with Crippen LogP contribution >= 0.6 is 0 Å². The summed E-state index contributed by atoms with van der Waals surface area (Å²) < 4.78 is 11.1. The van der Waals surface area contributed by atoms with Crippen molar-refractivity contribution in [3.8, 4) is 34.4 Å². The number of benzene rings is 6. The molecule has 0 unspecified atom stereocenters. The Morgan fingerprint density at radius 3 is 2.02 bits per heavy atom. The zero-order chi connectivity index (χ0) is 37.0. The van der Waals surface area contributed by atoms with E-state index in [-0.39, 0.29) is 31.9 Å². The fourth-order valence-corrected chi connectivity index (χ4v) is 7.44. The topological polar surface area (TPSA) is 44.9 Å². The molecule has 0 aliphatic carbocycles. The summed E-state index contributed by atoms with van der Waals surface area (Å²) in [5.41, 5.74) is 8.98. The SMILES string of the molecule is CC(C)(C)c1cc(Oc2[c-]c3c(cc2)c2ccccc2n3-c2cc(C(C)(C)c3ccccc3)ccn2)[c-]c(-c2nc3ccccc3n2-c2ccccc2)c1.[Pt+2]. The standard InChI is InChI=1S/C49H40N4O.Pt/c1-48(2,3)36-28-33(47-51-42-21-13-15-23-44(42)52(47)37-18-10-7-11-19-37)29-39(30-36)54-38-24-25-41-40-20-12-14-22-43(40)53(45(41)32-38)46-31-35(26-27-50-46)49(4,5)34-16-8-6-9-17-34;/h6-28,30-31H,1-5H3;/q-2;+2. The largest absolute Gasteiger partial charge is 2.00 e. The van der Waals surface area contributed by atoms with Crippen molar-refractivity contribution in [1.82, 2.24) is 19.1 Å². The Bertz CT molecular complexity index is 2810. The van der Waals surface area contributed by atoms with E-state index in [1.807, 2.05) is 24.4 Å². The Labute approximate surface area is 336 Å². The smallest absolute Gasteiger partial charge is 0.503 e. The van der Waals surface area contributed by atoms with Gasteiger partial charge in [0.15, 0.2) is 0 Å². The molecule has 9 aromatic rings. The van der Waals surface area contributed by atoms with Crippen LogP contribution < -0.4 is 4.74 Å². The first-order valence-electron chi connectivity index (χ1n) is 18.4. The molecule has 0 aliphatic heterocycles. The van der Waals surface area contributed by atoms with Crippen molar-refractivity contribution in [3.63, 3.8) is 0 Å². The molecule has 0 fully saturated rings. The molecule has 0 atom stereocenters. The van der Waals surface area contributed by atoms with E-state index in [2.05, 4.69) is 183 Å². The van der Waals surface area contributed by atoms with Gasteiger partial charge in [-0.2, -0.15) is 6.07 Å². The van der Waals surface area contributed by atoms with Crippen molar-refractivity contribution in [2.24, 2.45) is 0 Å². The third kappa shape index (κ3) is 6.57. The molecule has 6 aromatic carbocycles. The van der Waals surface area contributed by atoms with Gasteiger partial charge in [-0.1, -0.05) is 131 Å². The van der Waals surface area contributed by atoms with Crippen LogP contribution in [0.5, 0.6) is 11.5 Å². The molecule has 3 heterocycles. The fraction of sp³-hybridized carbons (Fsp3) is 0.143. The van der Waals surface area contributed by atoms with Crippen LogP contribution in [0.1, 0.15) is 51.3 Å². The summed E-state index contributed by atoms with van der Waals surface area (Å²) in [6.07, 6.45) is 1.91. The van der Waals surface area contributed by atoms with Gasteiger partial charge in [-0.3, -0.25) is 4.98 Å². The molecule has 9 rings (SSSR count). The number of fused-ring (bicyclic) bond motifs is 4. The van der Waals surface area contributed by atoms with E-state index in [0.29, 0.717) is 11.5 Å². The van der Waals surface area contributed by atoms with E-state index >= 15 is 0 Å². The maximum atomic E-state index is 6.74. The van der Waals surface area contributed by atoms with Crippen LogP contribution in [0, 0.1) is 12.1 Å². The number of nitrogens with zero attached hydrogens (tertiary/aromatic N) is 4. The van der Waals surface area contributed by atoms with Crippen LogP contribution in [-0.2, 0) is 31.9 Å². The summed E-state index contributed by atoms with van der Waals surface area (Å²) in [7, 11) is 0. The van der Waals surface area contributed by atoms with Crippen molar-refractivity contribution in [1.29, 1.82) is 0 Å². The zero-order valence-corrected chi connectivity index (χ0v) is 33.7. The van der Waals surface area contributed by atoms with Crippen molar-refractivity contribution < 1.29 is 25.8 Å². The average molecular weight is 896 g/mol. The van der Waals surface area contributed by atoms with Crippen LogP contribution in [0.25, 0.3) is 55.7 Å². The summed E-state index contributed by atoms with van der Waals surface area (Å²) >= 11 is 0. The van der Waals surface area contributed by atoms with E-state index in [1.165, 1.54) is 11.1 Å². The molecule has 0 spiro atoms. The minimum Gasteiger partial charge on any atom is -0.503 e. The van der Waals surface area contributed by atoms with Crippen LogP contribution in [0.2, 0.25) is 0 Å². The predicted octanol–water partition coefficient (Wildman–Crippen LogP) is 12.2. The number of ether oxygens (including phenoxy) is 1. The first-order chi connectivity index (χ1) is 26.1. The van der Waals surface area contributed by atoms with Crippen molar-refractivity contribution in [2.45, 2.75) is 45.4 Å². The van der Waals surface area contributed by atoms with E-state index in [1.54, 1.807) is 0 Å². The maximum absolute atomic E-state index is 6.74. The third-order valence-corrected chi connectivity index (χ3v) is 10.5. The summed E-state index contributed by atoms with van der Waals surface area (Å²) in [4.78, 5) is 10.1. The molecule has 55 heavy (non-hydrogen) atoms. The normalized spacial score (nSPS) is 11.9. The molecule has 0 bridgehead atoms. The van der Waals surface area contributed by atoms with Gasteiger partial charge in [0.1, 0.15) is 5.82 Å². The quantitative estimate of drug-likeness (QED) is 0.150.